The maximum atomic E-state index is 12.3. The summed E-state index contributed by atoms with van der Waals surface area (Å²) in [5, 5.41) is 2.43. The highest BCUT2D eigenvalue weighted by atomic mass is 32.1. The van der Waals surface area contributed by atoms with Crippen LogP contribution in [0.3, 0.4) is 0 Å². The van der Waals surface area contributed by atoms with Crippen molar-refractivity contribution in [3.63, 3.8) is 0 Å². The molecule has 3 heterocycles. The molecule has 0 amide bonds. The summed E-state index contributed by atoms with van der Waals surface area (Å²) in [6.07, 6.45) is 1.62. The molecule has 120 valence electrons. The van der Waals surface area contributed by atoms with Gasteiger partial charge in [-0.15, -0.1) is 11.3 Å². The van der Waals surface area contributed by atoms with Gasteiger partial charge in [0.1, 0.15) is 22.8 Å². The number of carbonyl (C=O) groups is 1. The number of aromatic amines is 1. The molecule has 0 aromatic carbocycles. The number of rotatable bonds is 5. The molecule has 3 N–H and O–H groups in total. The molecule has 0 radical (unpaired) electrons. The highest BCUT2D eigenvalue weighted by Crippen LogP contribution is 2.27. The molecule has 3 rings (SSSR count). The van der Waals surface area contributed by atoms with Crippen molar-refractivity contribution in [3.8, 4) is 0 Å². The third-order valence-corrected chi connectivity index (χ3v) is 4.65. The first-order chi connectivity index (χ1) is 11.1. The van der Waals surface area contributed by atoms with E-state index >= 15 is 0 Å². The number of esters is 1. The first-order valence-corrected chi connectivity index (χ1v) is 7.86. The summed E-state index contributed by atoms with van der Waals surface area (Å²) in [6.45, 7) is 2.90. The fraction of sp³-hybridized carbons (Fsp3) is 0.267. The second kappa shape index (κ2) is 6.35. The highest BCUT2D eigenvalue weighted by Gasteiger charge is 2.19. The van der Waals surface area contributed by atoms with Crippen molar-refractivity contribution in [2.24, 2.45) is 0 Å². The van der Waals surface area contributed by atoms with Gasteiger partial charge in [-0.3, -0.25) is 4.79 Å². The van der Waals surface area contributed by atoms with Gasteiger partial charge in [0, 0.05) is 0 Å². The van der Waals surface area contributed by atoms with Crippen molar-refractivity contribution >= 4 is 27.5 Å². The maximum absolute atomic E-state index is 12.3. The van der Waals surface area contributed by atoms with Crippen LogP contribution in [-0.2, 0) is 17.8 Å². The van der Waals surface area contributed by atoms with Crippen molar-refractivity contribution in [2.45, 2.75) is 20.0 Å². The van der Waals surface area contributed by atoms with E-state index in [1.165, 1.54) is 18.4 Å². The number of furan rings is 1. The predicted molar refractivity (Wildman–Crippen MR) is 84.4 cm³/mol. The Labute approximate surface area is 135 Å². The lowest BCUT2D eigenvalue weighted by molar-refractivity contribution is -0.688. The van der Waals surface area contributed by atoms with Crippen molar-refractivity contribution in [2.75, 3.05) is 7.11 Å². The molecule has 8 heteroatoms. The molecule has 0 unspecified atom stereocenters. The first-order valence-electron chi connectivity index (χ1n) is 7.04. The predicted octanol–water partition coefficient (Wildman–Crippen LogP) is 0.936. The lowest BCUT2D eigenvalue weighted by Gasteiger charge is -2.00. The topological polar surface area (TPSA) is 102 Å². The van der Waals surface area contributed by atoms with Crippen LogP contribution in [0.25, 0.3) is 10.2 Å². The van der Waals surface area contributed by atoms with E-state index < -0.39 is 5.97 Å². The van der Waals surface area contributed by atoms with Gasteiger partial charge in [0.05, 0.1) is 18.8 Å². The lowest BCUT2D eigenvalue weighted by atomic mass is 10.2. The zero-order chi connectivity index (χ0) is 16.4. The molecule has 0 saturated carbocycles. The van der Waals surface area contributed by atoms with E-state index in [0.717, 1.165) is 5.76 Å². The first kappa shape index (κ1) is 15.4. The van der Waals surface area contributed by atoms with Crippen molar-refractivity contribution in [3.05, 3.63) is 50.8 Å². The van der Waals surface area contributed by atoms with Gasteiger partial charge in [0.2, 0.25) is 0 Å². The van der Waals surface area contributed by atoms with Crippen molar-refractivity contribution < 1.29 is 19.3 Å². The molecule has 0 spiro atoms. The number of fused-ring (bicyclic) bond motifs is 1. The average molecular weight is 334 g/mol. The fourth-order valence-corrected chi connectivity index (χ4v) is 3.47. The standard InChI is InChI=1S/C15H15N3O4S/c1-8-11-13(19)17-10(7-16-6-9-4-3-5-22-9)18-14(11)23-12(8)15(20)21-2/h3-5,16H,6-7H2,1-2H3,(H,17,18,19)/p+1. The van der Waals surface area contributed by atoms with Gasteiger partial charge in [-0.2, -0.15) is 0 Å². The molecule has 0 aliphatic rings. The van der Waals surface area contributed by atoms with E-state index in [-0.39, 0.29) is 5.56 Å². The van der Waals surface area contributed by atoms with Crippen LogP contribution >= 0.6 is 11.3 Å². The smallest absolute Gasteiger partial charge is 0.348 e. The van der Waals surface area contributed by atoms with Crippen LogP contribution in [0.2, 0.25) is 0 Å². The van der Waals surface area contributed by atoms with Gasteiger partial charge in [0.25, 0.3) is 5.56 Å². The van der Waals surface area contributed by atoms with Gasteiger partial charge in [-0.25, -0.2) is 9.78 Å². The van der Waals surface area contributed by atoms with Gasteiger partial charge in [-0.1, -0.05) is 0 Å². The summed E-state index contributed by atoms with van der Waals surface area (Å²) >= 11 is 1.18. The lowest BCUT2D eigenvalue weighted by Crippen LogP contribution is -2.81. The monoisotopic (exact) mass is 334 g/mol. The van der Waals surface area contributed by atoms with E-state index in [1.54, 1.807) is 13.2 Å². The average Bonchev–Trinajstić information content (AvgIpc) is 3.15. The molecular weight excluding hydrogens is 318 g/mol. The van der Waals surface area contributed by atoms with Gasteiger partial charge in [0.15, 0.2) is 11.6 Å². The number of hydrogen-bond acceptors (Lipinski definition) is 6. The second-order valence-electron chi connectivity index (χ2n) is 5.02. The maximum Gasteiger partial charge on any atom is 0.348 e. The molecule has 3 aromatic rings. The second-order valence-corrected chi connectivity index (χ2v) is 6.02. The SMILES string of the molecule is COC(=O)c1sc2nc(C[NH2+]Cc3ccco3)[nH]c(=O)c2c1C. The molecule has 23 heavy (non-hydrogen) atoms. The minimum Gasteiger partial charge on any atom is -0.465 e. The summed E-state index contributed by atoms with van der Waals surface area (Å²) < 4.78 is 9.99. The van der Waals surface area contributed by atoms with Crippen LogP contribution in [0.5, 0.6) is 0 Å². The van der Waals surface area contributed by atoms with Crippen molar-refractivity contribution in [1.29, 1.82) is 0 Å². The third-order valence-electron chi connectivity index (χ3n) is 3.48. The van der Waals surface area contributed by atoms with Gasteiger partial charge >= 0.3 is 5.97 Å². The summed E-state index contributed by atoms with van der Waals surface area (Å²) in [7, 11) is 1.32. The number of ether oxygens (including phenoxy) is 1. The number of thiophene rings is 1. The number of nitrogens with zero attached hydrogens (tertiary/aromatic N) is 1. The number of aryl methyl sites for hydroxylation is 1. The minimum absolute atomic E-state index is 0.236. The number of H-pyrrole nitrogens is 1. The quantitative estimate of drug-likeness (QED) is 0.676. The summed E-state index contributed by atoms with van der Waals surface area (Å²) in [4.78, 5) is 32.2. The van der Waals surface area contributed by atoms with Gasteiger partial charge < -0.3 is 19.5 Å². The van der Waals surface area contributed by atoms with E-state index in [4.69, 9.17) is 9.15 Å². The normalized spacial score (nSPS) is 11.0. The number of hydrogen-bond donors (Lipinski definition) is 2. The van der Waals surface area contributed by atoms with E-state index in [2.05, 4.69) is 9.97 Å². The van der Waals surface area contributed by atoms with Crippen LogP contribution in [0.1, 0.15) is 26.8 Å². The Bertz CT molecular complexity index is 895. The van der Waals surface area contributed by atoms with Crippen LogP contribution < -0.4 is 10.9 Å². The van der Waals surface area contributed by atoms with Crippen LogP contribution in [-0.4, -0.2) is 23.0 Å². The third kappa shape index (κ3) is 3.03. The Kier molecular flexibility index (Phi) is 4.26. The Balaban J connectivity index is 1.85. The molecule has 0 saturated heterocycles. The molecule has 0 aliphatic carbocycles. The van der Waals surface area contributed by atoms with Gasteiger partial charge in [-0.05, 0) is 24.6 Å². The molecule has 0 bridgehead atoms. The van der Waals surface area contributed by atoms with Crippen molar-refractivity contribution in [1.82, 2.24) is 9.97 Å². The minimum atomic E-state index is -0.448. The summed E-state index contributed by atoms with van der Waals surface area (Å²) in [5.74, 6) is 0.968. The number of aromatic nitrogens is 2. The zero-order valence-corrected chi connectivity index (χ0v) is 13.5. The Morgan fingerprint density at radius 1 is 1.48 bits per heavy atom. The number of methoxy groups -OCH3 is 1. The molecule has 3 aromatic heterocycles. The molecule has 0 atom stereocenters. The number of nitrogens with one attached hydrogen (secondary N) is 1. The molecular formula is C15H16N3O4S+. The summed E-state index contributed by atoms with van der Waals surface area (Å²) in [5.41, 5.74) is 0.372. The van der Waals surface area contributed by atoms with Crippen LogP contribution in [0.15, 0.2) is 27.6 Å². The fourth-order valence-electron chi connectivity index (χ4n) is 2.35. The van der Waals surface area contributed by atoms with E-state index in [0.29, 0.717) is 39.6 Å². The Morgan fingerprint density at radius 3 is 3.00 bits per heavy atom. The van der Waals surface area contributed by atoms with Crippen LogP contribution in [0, 0.1) is 6.92 Å². The zero-order valence-electron chi connectivity index (χ0n) is 12.7. The number of nitrogens with two attached hydrogens (primary N) is 1. The Hall–Kier alpha value is -2.45. The number of quaternary nitrogens is 1. The number of carbonyl (C=O) groups excluding carboxylic acids is 1. The molecule has 0 fully saturated rings. The highest BCUT2D eigenvalue weighted by molar-refractivity contribution is 7.20. The van der Waals surface area contributed by atoms with E-state index in [9.17, 15) is 9.59 Å². The van der Waals surface area contributed by atoms with E-state index in [1.807, 2.05) is 17.4 Å². The summed E-state index contributed by atoms with van der Waals surface area (Å²) in [6, 6.07) is 3.72. The largest absolute Gasteiger partial charge is 0.465 e. The molecule has 7 nitrogen and oxygen atoms in total. The molecule has 0 aliphatic heterocycles. The Morgan fingerprint density at radius 2 is 2.30 bits per heavy atom. The van der Waals surface area contributed by atoms with Crippen LogP contribution in [0.4, 0.5) is 0 Å².